The smallest absolute Gasteiger partial charge is 0.101 e. The van der Waals surface area contributed by atoms with Crippen LogP contribution in [0.5, 0.6) is 0 Å². The number of nitrogens with zero attached hydrogens (tertiary/aromatic N) is 2. The van der Waals surface area contributed by atoms with Crippen molar-refractivity contribution in [1.82, 2.24) is 9.80 Å². The largest absolute Gasteiger partial charge is 0.356 e. The van der Waals surface area contributed by atoms with E-state index in [0.29, 0.717) is 6.17 Å². The molecule has 260 valence electrons. The molecule has 1 atom stereocenters. The summed E-state index contributed by atoms with van der Waals surface area (Å²) in [6.45, 7) is 6.88. The van der Waals surface area contributed by atoms with Crippen molar-refractivity contribution in [2.75, 3.05) is 6.54 Å². The Labute approximate surface area is 283 Å². The maximum Gasteiger partial charge on any atom is 0.101 e. The highest BCUT2D eigenvalue weighted by Crippen LogP contribution is 2.25. The number of unbranched alkanes of at least 4 members (excludes halogenated alkanes) is 27. The van der Waals surface area contributed by atoms with E-state index in [4.69, 9.17) is 0 Å². The van der Waals surface area contributed by atoms with Crippen LogP contribution in [0.2, 0.25) is 0 Å². The van der Waals surface area contributed by atoms with Crippen molar-refractivity contribution in [3.05, 3.63) is 48.3 Å². The lowest BCUT2D eigenvalue weighted by Gasteiger charge is -2.33. The number of hydrogen-bond acceptors (Lipinski definition) is 2. The molecule has 0 bridgehead atoms. The molecular weight excluding hydrogens is 544 g/mol. The summed E-state index contributed by atoms with van der Waals surface area (Å²) in [6.07, 6.45) is 48.3. The van der Waals surface area contributed by atoms with Crippen molar-refractivity contribution < 1.29 is 0 Å². The Bertz CT molecular complexity index is 758. The molecule has 1 aliphatic rings. The predicted molar refractivity (Wildman–Crippen MR) is 201 cm³/mol. The summed E-state index contributed by atoms with van der Waals surface area (Å²) in [6, 6.07) is 11.1. The predicted octanol–water partition coefficient (Wildman–Crippen LogP) is 14.3. The molecule has 0 saturated heterocycles. The molecule has 1 aromatic rings. The molecule has 1 aromatic carbocycles. The van der Waals surface area contributed by atoms with Crippen molar-refractivity contribution in [2.24, 2.45) is 0 Å². The van der Waals surface area contributed by atoms with Gasteiger partial charge in [-0.15, -0.1) is 0 Å². The first kappa shape index (κ1) is 39.7. The molecular formula is C43H78N2. The molecule has 45 heavy (non-hydrogen) atoms. The third kappa shape index (κ3) is 21.9. The molecule has 0 aromatic heterocycles. The Morgan fingerprint density at radius 1 is 0.400 bits per heavy atom. The summed E-state index contributed by atoms with van der Waals surface area (Å²) in [5, 5.41) is 0. The molecule has 0 spiro atoms. The average Bonchev–Trinajstić information content (AvgIpc) is 3.44. The fourth-order valence-corrected chi connectivity index (χ4v) is 7.26. The minimum absolute atomic E-state index is 0.550. The van der Waals surface area contributed by atoms with Gasteiger partial charge in [0.1, 0.15) is 6.17 Å². The van der Waals surface area contributed by atoms with E-state index >= 15 is 0 Å². The minimum atomic E-state index is 0.550. The topological polar surface area (TPSA) is 6.48 Å². The van der Waals surface area contributed by atoms with Gasteiger partial charge in [-0.3, -0.25) is 0 Å². The molecule has 1 heterocycles. The number of rotatable bonds is 33. The van der Waals surface area contributed by atoms with Crippen molar-refractivity contribution in [2.45, 2.75) is 219 Å². The summed E-state index contributed by atoms with van der Waals surface area (Å²) in [4.78, 5) is 5.29. The van der Waals surface area contributed by atoms with Crippen LogP contribution in [0.3, 0.4) is 0 Å². The van der Waals surface area contributed by atoms with E-state index < -0.39 is 0 Å². The third-order valence-corrected chi connectivity index (χ3v) is 10.3. The second kappa shape index (κ2) is 29.9. The lowest BCUT2D eigenvalue weighted by atomic mass is 10.0. The average molecular weight is 623 g/mol. The summed E-state index contributed by atoms with van der Waals surface area (Å²) in [5.41, 5.74) is 1.43. The SMILES string of the molecule is CCCCCCCCCCCCCCCCCCC1N(CCCCCCCCCCCCCCC)C=CN1Cc1ccccc1. The van der Waals surface area contributed by atoms with Crippen molar-refractivity contribution in [3.63, 3.8) is 0 Å². The van der Waals surface area contributed by atoms with E-state index in [2.05, 4.69) is 66.4 Å². The van der Waals surface area contributed by atoms with Gasteiger partial charge in [-0.05, 0) is 24.8 Å². The van der Waals surface area contributed by atoms with E-state index in [1.807, 2.05) is 0 Å². The van der Waals surface area contributed by atoms with Gasteiger partial charge in [-0.25, -0.2) is 0 Å². The van der Waals surface area contributed by atoms with Crippen LogP contribution in [-0.4, -0.2) is 22.5 Å². The lowest BCUT2D eigenvalue weighted by Crippen LogP contribution is -2.38. The van der Waals surface area contributed by atoms with Gasteiger partial charge in [0.2, 0.25) is 0 Å². The van der Waals surface area contributed by atoms with Crippen LogP contribution in [0, 0.1) is 0 Å². The zero-order chi connectivity index (χ0) is 31.9. The second-order valence-electron chi connectivity index (χ2n) is 14.5. The maximum absolute atomic E-state index is 2.67. The fourth-order valence-electron chi connectivity index (χ4n) is 7.26. The van der Waals surface area contributed by atoms with Gasteiger partial charge in [-0.2, -0.15) is 0 Å². The number of benzene rings is 1. The monoisotopic (exact) mass is 623 g/mol. The van der Waals surface area contributed by atoms with E-state index in [0.717, 1.165) is 6.54 Å². The zero-order valence-electron chi connectivity index (χ0n) is 30.6. The second-order valence-corrected chi connectivity index (χ2v) is 14.5. The van der Waals surface area contributed by atoms with Gasteiger partial charge >= 0.3 is 0 Å². The molecule has 0 aliphatic carbocycles. The van der Waals surface area contributed by atoms with Gasteiger partial charge in [0.05, 0.1) is 0 Å². The molecule has 2 heteroatoms. The first-order valence-electron chi connectivity index (χ1n) is 20.6. The van der Waals surface area contributed by atoms with E-state index in [1.54, 1.807) is 0 Å². The normalized spacial score (nSPS) is 14.7. The van der Waals surface area contributed by atoms with Gasteiger partial charge in [0.15, 0.2) is 0 Å². The highest BCUT2D eigenvalue weighted by Gasteiger charge is 2.25. The summed E-state index contributed by atoms with van der Waals surface area (Å²) >= 11 is 0. The Morgan fingerprint density at radius 3 is 1.18 bits per heavy atom. The quantitative estimate of drug-likeness (QED) is 0.0720. The Hall–Kier alpha value is -1.44. The van der Waals surface area contributed by atoms with Crippen LogP contribution in [0.25, 0.3) is 0 Å². The molecule has 0 amide bonds. The van der Waals surface area contributed by atoms with Gasteiger partial charge in [0, 0.05) is 25.5 Å². The van der Waals surface area contributed by atoms with Crippen molar-refractivity contribution in [3.8, 4) is 0 Å². The Balaban J connectivity index is 1.52. The van der Waals surface area contributed by atoms with Crippen molar-refractivity contribution >= 4 is 0 Å². The minimum Gasteiger partial charge on any atom is -0.356 e. The third-order valence-electron chi connectivity index (χ3n) is 10.3. The van der Waals surface area contributed by atoms with Gasteiger partial charge < -0.3 is 9.80 Å². The van der Waals surface area contributed by atoms with Crippen LogP contribution in [-0.2, 0) is 6.54 Å². The fraction of sp³-hybridized carbons (Fsp3) is 0.814. The molecule has 2 nitrogen and oxygen atoms in total. The Morgan fingerprint density at radius 2 is 0.756 bits per heavy atom. The first-order valence-corrected chi connectivity index (χ1v) is 20.6. The molecule has 2 rings (SSSR count). The molecule has 0 fully saturated rings. The molecule has 1 aliphatic heterocycles. The first-order chi connectivity index (χ1) is 22.3. The summed E-state index contributed by atoms with van der Waals surface area (Å²) in [5.74, 6) is 0. The van der Waals surface area contributed by atoms with Crippen LogP contribution in [0.15, 0.2) is 42.7 Å². The van der Waals surface area contributed by atoms with E-state index in [9.17, 15) is 0 Å². The summed E-state index contributed by atoms with van der Waals surface area (Å²) < 4.78 is 0. The van der Waals surface area contributed by atoms with E-state index in [1.165, 1.54) is 205 Å². The van der Waals surface area contributed by atoms with Crippen LogP contribution in [0.4, 0.5) is 0 Å². The summed E-state index contributed by atoms with van der Waals surface area (Å²) in [7, 11) is 0. The van der Waals surface area contributed by atoms with Gasteiger partial charge in [0.25, 0.3) is 0 Å². The van der Waals surface area contributed by atoms with E-state index in [-0.39, 0.29) is 0 Å². The number of hydrogen-bond donors (Lipinski definition) is 0. The van der Waals surface area contributed by atoms with Crippen LogP contribution in [0.1, 0.15) is 212 Å². The molecule has 0 radical (unpaired) electrons. The highest BCUT2D eigenvalue weighted by molar-refractivity contribution is 5.16. The standard InChI is InChI=1S/C43H78N2/c1-3-5-7-9-11-13-15-17-18-19-20-22-24-26-28-33-37-43-44(39-40-45(43)41-42-35-31-30-32-36-42)38-34-29-27-25-23-21-16-14-12-10-8-6-4-2/h30-32,35-36,39-40,43H,3-29,33-34,37-38,41H2,1-2H3. The van der Waals surface area contributed by atoms with Gasteiger partial charge in [-0.1, -0.05) is 218 Å². The zero-order valence-corrected chi connectivity index (χ0v) is 30.6. The highest BCUT2D eigenvalue weighted by atomic mass is 15.4. The molecule has 1 unspecified atom stereocenters. The lowest BCUT2D eigenvalue weighted by molar-refractivity contribution is 0.132. The molecule has 0 saturated carbocycles. The van der Waals surface area contributed by atoms with Crippen molar-refractivity contribution in [1.29, 1.82) is 0 Å². The molecule has 0 N–H and O–H groups in total. The maximum atomic E-state index is 2.67. The Kier molecular flexibility index (Phi) is 26.4. The van der Waals surface area contributed by atoms with Crippen LogP contribution >= 0.6 is 0 Å². The van der Waals surface area contributed by atoms with Crippen LogP contribution < -0.4 is 0 Å².